The van der Waals surface area contributed by atoms with Gasteiger partial charge in [0.15, 0.2) is 0 Å². The van der Waals surface area contributed by atoms with E-state index in [1.54, 1.807) is 0 Å². The van der Waals surface area contributed by atoms with E-state index >= 15 is 0 Å². The third kappa shape index (κ3) is 6.83. The minimum atomic E-state index is -1.46. The average Bonchev–Trinajstić information content (AvgIpc) is 2.45. The molecular weight excluding hydrogens is 256 g/mol. The number of hydrogen-bond donors (Lipinski definition) is 1. The van der Waals surface area contributed by atoms with Gasteiger partial charge in [-0.05, 0) is 24.8 Å². The fraction of sp³-hybridized carbons (Fsp3) is 0.438. The maximum absolute atomic E-state index is 11.5. The predicted molar refractivity (Wildman–Crippen MR) is 75.5 cm³/mol. The number of carboxylic acid groups (broad SMARTS) is 1. The van der Waals surface area contributed by atoms with E-state index in [9.17, 15) is 14.4 Å². The Morgan fingerprint density at radius 2 is 1.55 bits per heavy atom. The molecule has 0 heterocycles. The summed E-state index contributed by atoms with van der Waals surface area (Å²) in [6.45, 7) is 0. The molecule has 0 aliphatic carbocycles. The van der Waals surface area contributed by atoms with Crippen molar-refractivity contribution in [3.8, 4) is 0 Å². The number of aryl methyl sites for hydroxylation is 1. The van der Waals surface area contributed by atoms with E-state index in [-0.39, 0.29) is 18.6 Å². The van der Waals surface area contributed by atoms with Gasteiger partial charge in [0.25, 0.3) is 0 Å². The van der Waals surface area contributed by atoms with E-state index in [2.05, 4.69) is 12.1 Å². The van der Waals surface area contributed by atoms with Crippen LogP contribution in [0.3, 0.4) is 0 Å². The molecule has 4 heteroatoms. The number of carbonyl (C=O) groups is 3. The summed E-state index contributed by atoms with van der Waals surface area (Å²) >= 11 is 0. The van der Waals surface area contributed by atoms with Gasteiger partial charge in [-0.15, -0.1) is 0 Å². The van der Waals surface area contributed by atoms with Crippen LogP contribution in [0.15, 0.2) is 30.3 Å². The summed E-state index contributed by atoms with van der Waals surface area (Å²) in [5.74, 6) is -2.37. The highest BCUT2D eigenvalue weighted by atomic mass is 16.4. The van der Waals surface area contributed by atoms with Crippen LogP contribution in [0.5, 0.6) is 0 Å². The lowest BCUT2D eigenvalue weighted by Crippen LogP contribution is -2.13. The minimum absolute atomic E-state index is 0.0284. The van der Waals surface area contributed by atoms with Crippen LogP contribution in [0.2, 0.25) is 0 Å². The van der Waals surface area contributed by atoms with Gasteiger partial charge < -0.3 is 5.11 Å². The molecule has 0 atom stereocenters. The highest BCUT2D eigenvalue weighted by Crippen LogP contribution is 2.09. The molecule has 0 spiro atoms. The molecule has 1 N–H and O–H groups in total. The van der Waals surface area contributed by atoms with Crippen LogP contribution < -0.4 is 0 Å². The van der Waals surface area contributed by atoms with Crippen LogP contribution in [-0.2, 0) is 20.8 Å². The van der Waals surface area contributed by atoms with Gasteiger partial charge in [0.2, 0.25) is 5.78 Å². The van der Waals surface area contributed by atoms with Gasteiger partial charge in [0.1, 0.15) is 5.78 Å². The van der Waals surface area contributed by atoms with E-state index in [0.717, 1.165) is 25.7 Å². The molecule has 0 aromatic heterocycles. The Morgan fingerprint density at radius 3 is 2.20 bits per heavy atom. The Kier molecular flexibility index (Phi) is 7.25. The van der Waals surface area contributed by atoms with Crippen molar-refractivity contribution in [3.63, 3.8) is 0 Å². The molecule has 0 unspecified atom stereocenters. The second-order valence-corrected chi connectivity index (χ2v) is 4.81. The molecule has 108 valence electrons. The van der Waals surface area contributed by atoms with Gasteiger partial charge in [-0.25, -0.2) is 4.79 Å². The van der Waals surface area contributed by atoms with Crippen LogP contribution in [0.4, 0.5) is 0 Å². The molecule has 0 aliphatic rings. The average molecular weight is 276 g/mol. The number of rotatable bonds is 10. The number of unbranched alkanes of at least 4 members (excludes halogenated alkanes) is 2. The second kappa shape index (κ2) is 9.02. The smallest absolute Gasteiger partial charge is 0.372 e. The summed E-state index contributed by atoms with van der Waals surface area (Å²) < 4.78 is 0. The first-order chi connectivity index (χ1) is 9.59. The molecule has 0 saturated heterocycles. The molecule has 1 rings (SSSR count). The first kappa shape index (κ1) is 16.1. The van der Waals surface area contributed by atoms with E-state index in [1.807, 2.05) is 18.2 Å². The van der Waals surface area contributed by atoms with Gasteiger partial charge in [0.05, 0.1) is 0 Å². The molecule has 0 saturated carbocycles. The van der Waals surface area contributed by atoms with Crippen molar-refractivity contribution in [1.29, 1.82) is 0 Å². The molecule has 0 fully saturated rings. The molecule has 0 aliphatic heterocycles. The molecule has 1 aromatic carbocycles. The lowest BCUT2D eigenvalue weighted by Gasteiger charge is -2.02. The number of benzene rings is 1. The quantitative estimate of drug-likeness (QED) is 0.527. The first-order valence-corrected chi connectivity index (χ1v) is 6.91. The normalized spacial score (nSPS) is 10.2. The van der Waals surface area contributed by atoms with Crippen molar-refractivity contribution in [2.45, 2.75) is 44.9 Å². The highest BCUT2D eigenvalue weighted by Gasteiger charge is 2.13. The topological polar surface area (TPSA) is 71.4 Å². The van der Waals surface area contributed by atoms with Gasteiger partial charge >= 0.3 is 5.97 Å². The van der Waals surface area contributed by atoms with Crippen molar-refractivity contribution in [2.24, 2.45) is 0 Å². The van der Waals surface area contributed by atoms with Gasteiger partial charge in [-0.3, -0.25) is 9.59 Å². The lowest BCUT2D eigenvalue weighted by molar-refractivity contribution is -0.149. The number of aliphatic carboxylic acids is 1. The summed E-state index contributed by atoms with van der Waals surface area (Å²) in [6.07, 6.45) is 4.10. The lowest BCUT2D eigenvalue weighted by atomic mass is 10.0. The first-order valence-electron chi connectivity index (χ1n) is 6.91. The third-order valence-electron chi connectivity index (χ3n) is 3.13. The van der Waals surface area contributed by atoms with Crippen LogP contribution in [0, 0.1) is 0 Å². The fourth-order valence-corrected chi connectivity index (χ4v) is 1.96. The molecule has 4 nitrogen and oxygen atoms in total. The zero-order valence-corrected chi connectivity index (χ0v) is 11.5. The zero-order chi connectivity index (χ0) is 14.8. The van der Waals surface area contributed by atoms with Gasteiger partial charge in [-0.2, -0.15) is 0 Å². The summed E-state index contributed by atoms with van der Waals surface area (Å²) in [6, 6.07) is 10.2. The molecular formula is C16H20O4. The molecule has 0 radical (unpaired) electrons. The maximum atomic E-state index is 11.5. The number of hydrogen-bond acceptors (Lipinski definition) is 3. The standard InChI is InChI=1S/C16H20O4/c17-14(11-12-15(18)16(19)20)10-6-2-5-9-13-7-3-1-4-8-13/h1,3-4,7-8H,2,5-6,9-12H2,(H,19,20). The van der Waals surface area contributed by atoms with E-state index < -0.39 is 11.8 Å². The number of carboxylic acids is 1. The Bertz CT molecular complexity index is 451. The third-order valence-corrected chi connectivity index (χ3v) is 3.13. The van der Waals surface area contributed by atoms with Crippen LogP contribution in [-0.4, -0.2) is 22.6 Å². The molecule has 20 heavy (non-hydrogen) atoms. The summed E-state index contributed by atoms with van der Waals surface area (Å²) in [5.41, 5.74) is 1.30. The van der Waals surface area contributed by atoms with Crippen LogP contribution >= 0.6 is 0 Å². The van der Waals surface area contributed by atoms with Crippen LogP contribution in [0.1, 0.15) is 44.1 Å². The largest absolute Gasteiger partial charge is 0.476 e. The second-order valence-electron chi connectivity index (χ2n) is 4.81. The SMILES string of the molecule is O=C(CCCCCc1ccccc1)CCC(=O)C(=O)O. The van der Waals surface area contributed by atoms with Crippen molar-refractivity contribution >= 4 is 17.5 Å². The maximum Gasteiger partial charge on any atom is 0.372 e. The van der Waals surface area contributed by atoms with E-state index in [0.29, 0.717) is 6.42 Å². The molecule has 1 aromatic rings. The van der Waals surface area contributed by atoms with Crippen molar-refractivity contribution in [3.05, 3.63) is 35.9 Å². The summed E-state index contributed by atoms with van der Waals surface area (Å²) in [4.78, 5) is 32.6. The van der Waals surface area contributed by atoms with Crippen molar-refractivity contribution in [2.75, 3.05) is 0 Å². The van der Waals surface area contributed by atoms with E-state index in [1.165, 1.54) is 5.56 Å². The highest BCUT2D eigenvalue weighted by molar-refractivity contribution is 6.32. The molecule has 0 bridgehead atoms. The number of Topliss-reactive ketones (excluding diaryl/α,β-unsaturated/α-hetero) is 2. The summed E-state index contributed by atoms with van der Waals surface area (Å²) in [7, 11) is 0. The predicted octanol–water partition coefficient (Wildman–Crippen LogP) is 2.79. The number of carbonyl (C=O) groups excluding carboxylic acids is 2. The minimum Gasteiger partial charge on any atom is -0.476 e. The summed E-state index contributed by atoms with van der Waals surface area (Å²) in [5, 5.41) is 8.39. The van der Waals surface area contributed by atoms with Crippen molar-refractivity contribution in [1.82, 2.24) is 0 Å². The fourth-order valence-electron chi connectivity index (χ4n) is 1.96. The van der Waals surface area contributed by atoms with Crippen molar-refractivity contribution < 1.29 is 19.5 Å². The van der Waals surface area contributed by atoms with Crippen LogP contribution in [0.25, 0.3) is 0 Å². The van der Waals surface area contributed by atoms with Gasteiger partial charge in [0, 0.05) is 19.3 Å². The Morgan fingerprint density at radius 1 is 0.850 bits per heavy atom. The van der Waals surface area contributed by atoms with Gasteiger partial charge in [-0.1, -0.05) is 36.8 Å². The van der Waals surface area contributed by atoms with E-state index in [4.69, 9.17) is 5.11 Å². The zero-order valence-electron chi connectivity index (χ0n) is 11.5. The number of ketones is 2. The Hall–Kier alpha value is -1.97. The monoisotopic (exact) mass is 276 g/mol. The molecule has 0 amide bonds. The Balaban J connectivity index is 2.05. The Labute approximate surface area is 118 Å².